The van der Waals surface area contributed by atoms with Gasteiger partial charge in [0.2, 0.25) is 0 Å². The number of rotatable bonds is 14. The first kappa shape index (κ1) is 65.0. The number of hydrogen-bond donors (Lipinski definition) is 14. The van der Waals surface area contributed by atoms with Crippen molar-refractivity contribution < 1.29 is 124 Å². The summed E-state index contributed by atoms with van der Waals surface area (Å²) in [6, 6.07) is 0. The second-order valence-electron chi connectivity index (χ2n) is 27.5. The highest BCUT2D eigenvalue weighted by molar-refractivity contribution is 5.87. The van der Waals surface area contributed by atoms with E-state index in [2.05, 4.69) is 54.5 Å². The van der Waals surface area contributed by atoms with Crippen molar-refractivity contribution >= 4 is 11.9 Å². The van der Waals surface area contributed by atoms with Crippen molar-refractivity contribution in [1.82, 2.24) is 0 Å². The van der Waals surface area contributed by atoms with Crippen molar-refractivity contribution in [1.29, 1.82) is 0 Å². The lowest BCUT2D eigenvalue weighted by atomic mass is 9.33. The summed E-state index contributed by atoms with van der Waals surface area (Å²) < 4.78 is 54.4. The minimum Gasteiger partial charge on any atom is -0.479 e. The first-order chi connectivity index (χ1) is 38.8. The third-order valence-corrected chi connectivity index (χ3v) is 22.1. The van der Waals surface area contributed by atoms with E-state index >= 15 is 0 Å². The van der Waals surface area contributed by atoms with E-state index in [1.54, 1.807) is 19.9 Å². The van der Waals surface area contributed by atoms with Gasteiger partial charge in [-0.2, -0.15) is 0 Å². The number of aliphatic carboxylic acids is 1. The van der Waals surface area contributed by atoms with E-state index in [-0.39, 0.29) is 40.6 Å². The second kappa shape index (κ2) is 23.8. The molecule has 4 heterocycles. The number of allylic oxidation sites excluding steroid dienone is 3. The fourth-order valence-electron chi connectivity index (χ4n) is 17.1. The molecule has 14 N–H and O–H groups in total. The minimum absolute atomic E-state index is 0.0572. The van der Waals surface area contributed by atoms with Gasteiger partial charge >= 0.3 is 11.9 Å². The van der Waals surface area contributed by atoms with Crippen LogP contribution in [0.5, 0.6) is 0 Å². The first-order valence-electron chi connectivity index (χ1n) is 29.4. The van der Waals surface area contributed by atoms with E-state index in [1.807, 2.05) is 0 Å². The lowest BCUT2D eigenvalue weighted by Gasteiger charge is -2.72. The number of ether oxygens (including phenoxy) is 9. The molecule has 4 aliphatic heterocycles. The van der Waals surface area contributed by atoms with Crippen molar-refractivity contribution in [3.8, 4) is 0 Å². The molecule has 25 heteroatoms. The molecule has 5 aliphatic carbocycles. The summed E-state index contributed by atoms with van der Waals surface area (Å²) >= 11 is 0. The van der Waals surface area contributed by atoms with Crippen molar-refractivity contribution in [3.05, 3.63) is 23.3 Å². The number of carboxylic acid groups (broad SMARTS) is 1. The molecular weight excluding hydrogens is 1100 g/mol. The highest BCUT2D eigenvalue weighted by Gasteiger charge is 2.72. The molecule has 0 spiro atoms. The molecule has 4 saturated heterocycles. The molecule has 0 aromatic heterocycles. The Balaban J connectivity index is 1.00. The predicted octanol–water partition coefficient (Wildman–Crippen LogP) is -1.37. The zero-order valence-electron chi connectivity index (χ0n) is 48.8. The van der Waals surface area contributed by atoms with Gasteiger partial charge in [0.05, 0.1) is 44.1 Å². The maximum atomic E-state index is 13.4. The molecule has 0 aromatic rings. The monoisotopic (exact) mass is 1190 g/mol. The molecule has 29 unspecified atom stereocenters. The molecule has 83 heavy (non-hydrogen) atoms. The van der Waals surface area contributed by atoms with Gasteiger partial charge in [-0.05, 0) is 110 Å². The SMILES string of the molecule is CC=C(C)C(=O)OC1CC(C)(C)CC2C3=CCC4C5(C)CCC(OC6OC(C(=O)O)C(OC7OCC(O)C(O)C7OC7OC(CO)C(O)C(O)C7O)C(O)C6OC6OC(CO)C(O)C(O)C6O)C(C)(C)C5CCC4(C)C3(C)CC(O)C12CO. The van der Waals surface area contributed by atoms with Crippen molar-refractivity contribution in [2.75, 3.05) is 26.4 Å². The number of esters is 1. The summed E-state index contributed by atoms with van der Waals surface area (Å²) in [6.45, 7) is 16.0. The Hall–Kier alpha value is -2.42. The lowest BCUT2D eigenvalue weighted by molar-refractivity contribution is -0.396. The number of aliphatic hydroxyl groups is 13. The van der Waals surface area contributed by atoms with Crippen molar-refractivity contribution in [2.45, 2.75) is 249 Å². The van der Waals surface area contributed by atoms with Crippen LogP contribution in [0.3, 0.4) is 0 Å². The second-order valence-corrected chi connectivity index (χ2v) is 27.5. The van der Waals surface area contributed by atoms with Crippen LogP contribution in [-0.4, -0.2) is 245 Å². The Labute approximate surface area is 483 Å². The summed E-state index contributed by atoms with van der Waals surface area (Å²) in [5.41, 5.74) is -1.80. The first-order valence-corrected chi connectivity index (χ1v) is 29.4. The highest BCUT2D eigenvalue weighted by atomic mass is 16.8. The van der Waals surface area contributed by atoms with E-state index in [9.17, 15) is 81.1 Å². The van der Waals surface area contributed by atoms with Crippen LogP contribution in [0.4, 0.5) is 0 Å². The van der Waals surface area contributed by atoms with Gasteiger partial charge in [0.1, 0.15) is 91.6 Å². The minimum atomic E-state index is -2.16. The largest absolute Gasteiger partial charge is 0.479 e. The zero-order valence-corrected chi connectivity index (χ0v) is 48.8. The van der Waals surface area contributed by atoms with Crippen LogP contribution in [-0.2, 0) is 52.2 Å². The molecule has 0 radical (unpaired) electrons. The van der Waals surface area contributed by atoms with Crippen LogP contribution in [0.15, 0.2) is 23.3 Å². The predicted molar refractivity (Wildman–Crippen MR) is 283 cm³/mol. The van der Waals surface area contributed by atoms with Crippen LogP contribution in [0, 0.1) is 50.2 Å². The molecule has 4 saturated carbocycles. The summed E-state index contributed by atoms with van der Waals surface area (Å²) in [7, 11) is 0. The Kier molecular flexibility index (Phi) is 18.7. The molecule has 0 amide bonds. The highest BCUT2D eigenvalue weighted by Crippen LogP contribution is 2.76. The maximum absolute atomic E-state index is 13.4. The molecule has 0 aromatic carbocycles. The summed E-state index contributed by atoms with van der Waals surface area (Å²) in [4.78, 5) is 26.8. The van der Waals surface area contributed by atoms with Gasteiger partial charge < -0.3 is 114 Å². The van der Waals surface area contributed by atoms with E-state index in [1.165, 1.54) is 5.57 Å². The van der Waals surface area contributed by atoms with Crippen molar-refractivity contribution in [2.24, 2.45) is 50.2 Å². The van der Waals surface area contributed by atoms with Gasteiger partial charge in [0, 0.05) is 5.57 Å². The van der Waals surface area contributed by atoms with E-state index in [4.69, 9.17) is 42.6 Å². The average Bonchev–Trinajstić information content (AvgIpc) is 0.728. The molecule has 8 fully saturated rings. The Morgan fingerprint density at radius 1 is 0.639 bits per heavy atom. The summed E-state index contributed by atoms with van der Waals surface area (Å²) in [5, 5.41) is 154. The Bertz CT molecular complexity index is 2380. The zero-order chi connectivity index (χ0) is 61.0. The Morgan fingerprint density at radius 2 is 1.22 bits per heavy atom. The van der Waals surface area contributed by atoms with Gasteiger partial charge in [0.25, 0.3) is 0 Å². The van der Waals surface area contributed by atoms with Crippen LogP contribution in [0.25, 0.3) is 0 Å². The molecule has 9 rings (SSSR count). The van der Waals surface area contributed by atoms with Crippen molar-refractivity contribution in [3.63, 3.8) is 0 Å². The lowest BCUT2D eigenvalue weighted by Crippen LogP contribution is -2.70. The van der Waals surface area contributed by atoms with E-state index < -0.39 is 183 Å². The molecule has 9 aliphatic rings. The number of hydrogen-bond acceptors (Lipinski definition) is 24. The van der Waals surface area contributed by atoms with Crippen LogP contribution in [0.2, 0.25) is 0 Å². The number of carboxylic acids is 1. The number of carbonyl (C=O) groups is 2. The number of aliphatic hydroxyl groups excluding tert-OH is 13. The van der Waals surface area contributed by atoms with Crippen LogP contribution in [0.1, 0.15) is 114 Å². The number of carbonyl (C=O) groups excluding carboxylic acids is 1. The van der Waals surface area contributed by atoms with Gasteiger partial charge in [0.15, 0.2) is 31.3 Å². The molecule has 474 valence electrons. The summed E-state index contributed by atoms with van der Waals surface area (Å²) in [6.07, 6.45) is -29.8. The third-order valence-electron chi connectivity index (χ3n) is 22.1. The third kappa shape index (κ3) is 10.8. The molecule has 25 nitrogen and oxygen atoms in total. The van der Waals surface area contributed by atoms with Gasteiger partial charge in [-0.25, -0.2) is 9.59 Å². The van der Waals surface area contributed by atoms with E-state index in [0.29, 0.717) is 50.5 Å². The molecular formula is C58H92O25. The van der Waals surface area contributed by atoms with Gasteiger partial charge in [-0.15, -0.1) is 0 Å². The van der Waals surface area contributed by atoms with Crippen LogP contribution >= 0.6 is 0 Å². The van der Waals surface area contributed by atoms with Gasteiger partial charge in [-0.3, -0.25) is 0 Å². The average molecular weight is 1190 g/mol. The fourth-order valence-corrected chi connectivity index (χ4v) is 17.1. The summed E-state index contributed by atoms with van der Waals surface area (Å²) in [5.74, 6) is -2.45. The standard InChI is InChI=1S/C58H92O25/c1-10-24(2)48(74)78-34-19-53(3,4)17-26-25-11-12-31-55(7)15-14-33(54(5,6)30(55)13-16-56(31,8)57(25,9)18-32(63)58(26,34)23-61)79-52-45(82-50-41(70)39(68)37(66)29(21-60)77-50)42(71)43(46(83-52)47(72)73)80-51-44(35(64)27(62)22-75-51)81-49-40(69)38(67)36(65)28(20-59)76-49/h10-11,26-46,49-52,59-71H,12-23H2,1-9H3,(H,72,73). The molecule has 29 atom stereocenters. The smallest absolute Gasteiger partial charge is 0.335 e. The maximum Gasteiger partial charge on any atom is 0.335 e. The number of fused-ring (bicyclic) bond motifs is 7. The molecule has 0 bridgehead atoms. The van der Waals surface area contributed by atoms with E-state index in [0.717, 1.165) is 6.42 Å². The van der Waals surface area contributed by atoms with Crippen LogP contribution < -0.4 is 0 Å². The quantitative estimate of drug-likeness (QED) is 0.0413. The van der Waals surface area contributed by atoms with Gasteiger partial charge in [-0.1, -0.05) is 66.2 Å². The fraction of sp³-hybridized carbons (Fsp3) is 0.897. The Morgan fingerprint density at radius 3 is 1.77 bits per heavy atom. The topological polar surface area (TPSA) is 400 Å². The normalized spacial score (nSPS) is 51.5.